The van der Waals surface area contributed by atoms with Crippen molar-refractivity contribution >= 4 is 33.1 Å². The minimum Gasteiger partial charge on any atom is -0.397 e. The van der Waals surface area contributed by atoms with Gasteiger partial charge in [0.05, 0.1) is 11.4 Å². The fraction of sp³-hybridized carbons (Fsp3) is 0.462. The quantitative estimate of drug-likeness (QED) is 0.902. The van der Waals surface area contributed by atoms with Gasteiger partial charge in [-0.25, -0.2) is 0 Å². The molecule has 0 spiro atoms. The van der Waals surface area contributed by atoms with E-state index < -0.39 is 0 Å². The summed E-state index contributed by atoms with van der Waals surface area (Å²) in [5.74, 6) is 0.273. The van der Waals surface area contributed by atoms with Gasteiger partial charge in [-0.15, -0.1) is 16.4 Å². The van der Waals surface area contributed by atoms with E-state index in [2.05, 4.69) is 15.5 Å². The normalized spacial score (nSPS) is 11.2. The number of fused-ring (bicyclic) bond motifs is 1. The number of rotatable bonds is 3. The second kappa shape index (κ2) is 5.13. The van der Waals surface area contributed by atoms with Gasteiger partial charge in [-0.1, -0.05) is 13.8 Å². The highest BCUT2D eigenvalue weighted by Crippen LogP contribution is 2.34. The highest BCUT2D eigenvalue weighted by molar-refractivity contribution is 7.21. The molecule has 0 aliphatic rings. The summed E-state index contributed by atoms with van der Waals surface area (Å²) in [5, 5.41) is 11.9. The molecule has 102 valence electrons. The van der Waals surface area contributed by atoms with E-state index in [9.17, 15) is 4.79 Å². The lowest BCUT2D eigenvalue weighted by atomic mass is 10.1. The van der Waals surface area contributed by atoms with Gasteiger partial charge in [-0.3, -0.25) is 4.79 Å². The molecule has 0 radical (unpaired) electrons. The van der Waals surface area contributed by atoms with Crippen molar-refractivity contribution in [2.24, 2.45) is 5.92 Å². The number of amides is 1. The number of nitrogens with zero attached hydrogens (tertiary/aromatic N) is 2. The topological polar surface area (TPSA) is 80.9 Å². The summed E-state index contributed by atoms with van der Waals surface area (Å²) in [6.07, 6.45) is 0. The number of aromatic nitrogens is 2. The summed E-state index contributed by atoms with van der Waals surface area (Å²) in [6, 6.07) is 0. The molecular formula is C13H18N4OS. The molecule has 0 bridgehead atoms. The second-order valence-corrected chi connectivity index (χ2v) is 6.04. The third kappa shape index (κ3) is 2.53. The summed E-state index contributed by atoms with van der Waals surface area (Å²) in [5.41, 5.74) is 8.44. The minimum atomic E-state index is -0.133. The number of nitrogens with two attached hydrogens (primary N) is 1. The van der Waals surface area contributed by atoms with Crippen LogP contribution in [0.2, 0.25) is 0 Å². The molecule has 0 saturated carbocycles. The van der Waals surface area contributed by atoms with Crippen LogP contribution in [-0.4, -0.2) is 22.6 Å². The molecule has 0 saturated heterocycles. The Labute approximate surface area is 116 Å². The van der Waals surface area contributed by atoms with Crippen LogP contribution in [0.25, 0.3) is 10.2 Å². The lowest BCUT2D eigenvalue weighted by Crippen LogP contribution is -2.27. The van der Waals surface area contributed by atoms with Gasteiger partial charge in [0.15, 0.2) is 0 Å². The molecule has 0 aromatic carbocycles. The molecule has 0 aliphatic heterocycles. The first kappa shape index (κ1) is 13.7. The van der Waals surface area contributed by atoms with Crippen LogP contribution in [0.1, 0.15) is 34.8 Å². The second-order valence-electron chi connectivity index (χ2n) is 5.04. The molecule has 5 nitrogen and oxygen atoms in total. The van der Waals surface area contributed by atoms with Crippen LogP contribution in [0.3, 0.4) is 0 Å². The van der Waals surface area contributed by atoms with Crippen molar-refractivity contribution in [3.8, 4) is 0 Å². The van der Waals surface area contributed by atoms with Crippen LogP contribution in [0, 0.1) is 19.8 Å². The third-order valence-electron chi connectivity index (χ3n) is 3.01. The molecule has 0 aliphatic carbocycles. The SMILES string of the molecule is Cc1nnc2sc(C(=O)NCC(C)C)c(N)c2c1C. The molecule has 2 aromatic heterocycles. The van der Waals surface area contributed by atoms with Gasteiger partial charge in [0.1, 0.15) is 9.71 Å². The van der Waals surface area contributed by atoms with E-state index in [1.165, 1.54) is 11.3 Å². The number of thiophene rings is 1. The molecule has 2 heterocycles. The average molecular weight is 278 g/mol. The molecule has 0 unspecified atom stereocenters. The number of hydrogen-bond acceptors (Lipinski definition) is 5. The van der Waals surface area contributed by atoms with Gasteiger partial charge in [0.25, 0.3) is 5.91 Å². The Kier molecular flexibility index (Phi) is 3.71. The fourth-order valence-electron chi connectivity index (χ4n) is 1.79. The number of hydrogen-bond donors (Lipinski definition) is 2. The fourth-order valence-corrected chi connectivity index (χ4v) is 2.80. The molecule has 2 aromatic rings. The lowest BCUT2D eigenvalue weighted by molar-refractivity contribution is 0.0954. The zero-order valence-electron chi connectivity index (χ0n) is 11.6. The highest BCUT2D eigenvalue weighted by Gasteiger charge is 2.19. The van der Waals surface area contributed by atoms with Crippen molar-refractivity contribution in [3.05, 3.63) is 16.1 Å². The summed E-state index contributed by atoms with van der Waals surface area (Å²) >= 11 is 1.30. The maximum absolute atomic E-state index is 12.1. The summed E-state index contributed by atoms with van der Waals surface area (Å²) in [7, 11) is 0. The number of carbonyl (C=O) groups excluding carboxylic acids is 1. The zero-order valence-corrected chi connectivity index (χ0v) is 12.4. The van der Waals surface area contributed by atoms with E-state index in [1.807, 2.05) is 27.7 Å². The number of carbonyl (C=O) groups is 1. The Morgan fingerprint density at radius 3 is 2.68 bits per heavy atom. The Morgan fingerprint density at radius 1 is 1.37 bits per heavy atom. The maximum Gasteiger partial charge on any atom is 0.263 e. The van der Waals surface area contributed by atoms with Crippen molar-refractivity contribution in [2.75, 3.05) is 12.3 Å². The van der Waals surface area contributed by atoms with Gasteiger partial charge >= 0.3 is 0 Å². The largest absolute Gasteiger partial charge is 0.397 e. The molecular weight excluding hydrogens is 260 g/mol. The van der Waals surface area contributed by atoms with Crippen molar-refractivity contribution in [1.82, 2.24) is 15.5 Å². The van der Waals surface area contributed by atoms with Crippen LogP contribution in [-0.2, 0) is 0 Å². The summed E-state index contributed by atoms with van der Waals surface area (Å²) in [6.45, 7) is 8.57. The predicted molar refractivity (Wildman–Crippen MR) is 78.5 cm³/mol. The smallest absolute Gasteiger partial charge is 0.263 e. The van der Waals surface area contributed by atoms with Gasteiger partial charge in [0, 0.05) is 11.9 Å². The Bertz CT molecular complexity index is 633. The van der Waals surface area contributed by atoms with Gasteiger partial charge < -0.3 is 11.1 Å². The van der Waals surface area contributed by atoms with E-state index >= 15 is 0 Å². The molecule has 6 heteroatoms. The van der Waals surface area contributed by atoms with Gasteiger partial charge in [-0.05, 0) is 25.3 Å². The van der Waals surface area contributed by atoms with Crippen molar-refractivity contribution in [3.63, 3.8) is 0 Å². The predicted octanol–water partition coefficient (Wildman–Crippen LogP) is 2.28. The summed E-state index contributed by atoms with van der Waals surface area (Å²) < 4.78 is 0. The highest BCUT2D eigenvalue weighted by atomic mass is 32.1. The van der Waals surface area contributed by atoms with E-state index in [1.54, 1.807) is 0 Å². The number of anilines is 1. The van der Waals surface area contributed by atoms with Crippen LogP contribution in [0.5, 0.6) is 0 Å². The van der Waals surface area contributed by atoms with Crippen molar-refractivity contribution in [1.29, 1.82) is 0 Å². The molecule has 1 amide bonds. The van der Waals surface area contributed by atoms with Crippen LogP contribution in [0.15, 0.2) is 0 Å². The van der Waals surface area contributed by atoms with E-state index in [-0.39, 0.29) is 5.91 Å². The van der Waals surface area contributed by atoms with Crippen LogP contribution in [0.4, 0.5) is 5.69 Å². The minimum absolute atomic E-state index is 0.133. The maximum atomic E-state index is 12.1. The molecule has 3 N–H and O–H groups in total. The monoisotopic (exact) mass is 278 g/mol. The Morgan fingerprint density at radius 2 is 2.05 bits per heavy atom. The first-order valence-electron chi connectivity index (χ1n) is 6.21. The first-order valence-corrected chi connectivity index (χ1v) is 7.03. The number of aryl methyl sites for hydroxylation is 2. The van der Waals surface area contributed by atoms with Crippen molar-refractivity contribution in [2.45, 2.75) is 27.7 Å². The first-order chi connectivity index (χ1) is 8.91. The number of nitrogen functional groups attached to an aromatic ring is 1. The zero-order chi connectivity index (χ0) is 14.2. The van der Waals surface area contributed by atoms with Crippen LogP contribution < -0.4 is 11.1 Å². The van der Waals surface area contributed by atoms with Crippen molar-refractivity contribution < 1.29 is 4.79 Å². The molecule has 0 atom stereocenters. The lowest BCUT2D eigenvalue weighted by Gasteiger charge is -2.06. The molecule has 0 fully saturated rings. The standard InChI is InChI=1S/C13H18N4OS/c1-6(2)5-15-12(18)11-10(14)9-7(3)8(4)16-17-13(9)19-11/h6H,5,14H2,1-4H3,(H,15,18). The van der Waals surface area contributed by atoms with E-state index in [0.29, 0.717) is 23.0 Å². The average Bonchev–Trinajstić information content (AvgIpc) is 2.69. The number of nitrogens with one attached hydrogen (secondary N) is 1. The molecule has 2 rings (SSSR count). The molecule has 19 heavy (non-hydrogen) atoms. The van der Waals surface area contributed by atoms with E-state index in [0.717, 1.165) is 21.5 Å². The Balaban J connectivity index is 2.43. The van der Waals surface area contributed by atoms with Crippen LogP contribution >= 0.6 is 11.3 Å². The third-order valence-corrected chi connectivity index (χ3v) is 4.10. The summed E-state index contributed by atoms with van der Waals surface area (Å²) in [4.78, 5) is 13.4. The van der Waals surface area contributed by atoms with Gasteiger partial charge in [0.2, 0.25) is 0 Å². The van der Waals surface area contributed by atoms with E-state index in [4.69, 9.17) is 5.73 Å². The Hall–Kier alpha value is -1.69. The van der Waals surface area contributed by atoms with Gasteiger partial charge in [-0.2, -0.15) is 5.10 Å².